The molecule has 0 spiro atoms. The number of carbonyl (C=O) groups excluding carboxylic acids is 1. The van der Waals surface area contributed by atoms with Crippen LogP contribution in [0.5, 0.6) is 0 Å². The van der Waals surface area contributed by atoms with Crippen LogP contribution in [0.2, 0.25) is 0 Å². The number of alkyl halides is 6. The molecule has 106 valence electrons. The van der Waals surface area contributed by atoms with Crippen molar-refractivity contribution < 1.29 is 31.1 Å². The molecule has 0 saturated carbocycles. The molecule has 18 heavy (non-hydrogen) atoms. The van der Waals surface area contributed by atoms with Crippen molar-refractivity contribution in [3.63, 3.8) is 0 Å². The first-order chi connectivity index (χ1) is 8.05. The van der Waals surface area contributed by atoms with Gasteiger partial charge in [-0.1, -0.05) is 0 Å². The lowest BCUT2D eigenvalue weighted by atomic mass is 10.1. The molecule has 0 aromatic rings. The summed E-state index contributed by atoms with van der Waals surface area (Å²) in [4.78, 5) is 11.9. The minimum absolute atomic E-state index is 0.199. The first-order valence-electron chi connectivity index (χ1n) is 5.16. The summed E-state index contributed by atoms with van der Waals surface area (Å²) in [5.41, 5.74) is 0. The summed E-state index contributed by atoms with van der Waals surface area (Å²) in [6, 6.07) is -0.635. The smallest absolute Gasteiger partial charge is 0.341 e. The zero-order chi connectivity index (χ0) is 14.1. The molecule has 1 N–H and O–H groups in total. The van der Waals surface area contributed by atoms with Crippen molar-refractivity contribution in [2.75, 3.05) is 20.1 Å². The van der Waals surface area contributed by atoms with Crippen molar-refractivity contribution >= 4 is 5.91 Å². The highest BCUT2D eigenvalue weighted by Gasteiger charge is 2.62. The SMILES string of the molecule is CN(C(=O)C(C(F)(F)F)C(F)(F)F)C1CCNC1. The van der Waals surface area contributed by atoms with Gasteiger partial charge in [-0.05, 0) is 13.0 Å². The van der Waals surface area contributed by atoms with E-state index in [-0.39, 0.29) is 6.54 Å². The van der Waals surface area contributed by atoms with E-state index in [0.29, 0.717) is 17.9 Å². The van der Waals surface area contributed by atoms with Gasteiger partial charge in [0.15, 0.2) is 0 Å². The molecule has 0 aliphatic carbocycles. The van der Waals surface area contributed by atoms with Gasteiger partial charge in [0.2, 0.25) is 11.8 Å². The molecule has 0 bridgehead atoms. The Bertz CT molecular complexity index is 293. The maximum absolute atomic E-state index is 12.3. The lowest BCUT2D eigenvalue weighted by Crippen LogP contribution is -2.51. The molecule has 3 nitrogen and oxygen atoms in total. The van der Waals surface area contributed by atoms with Crippen molar-refractivity contribution in [1.82, 2.24) is 10.2 Å². The fourth-order valence-corrected chi connectivity index (χ4v) is 1.82. The van der Waals surface area contributed by atoms with E-state index < -0.39 is 30.2 Å². The molecule has 1 rings (SSSR count). The third-order valence-corrected chi connectivity index (χ3v) is 2.83. The average Bonchev–Trinajstić information content (AvgIpc) is 2.63. The van der Waals surface area contributed by atoms with Crippen LogP contribution >= 0.6 is 0 Å². The van der Waals surface area contributed by atoms with Crippen LogP contribution < -0.4 is 5.32 Å². The highest BCUT2D eigenvalue weighted by atomic mass is 19.4. The molecule has 0 aromatic heterocycles. The Labute approximate surface area is 99.1 Å². The quantitative estimate of drug-likeness (QED) is 0.777. The Morgan fingerprint density at radius 2 is 1.72 bits per heavy atom. The van der Waals surface area contributed by atoms with Gasteiger partial charge in [0.1, 0.15) is 0 Å². The number of amides is 1. The Hall–Kier alpha value is -0.990. The van der Waals surface area contributed by atoms with Crippen LogP contribution in [0.1, 0.15) is 6.42 Å². The van der Waals surface area contributed by atoms with Gasteiger partial charge < -0.3 is 10.2 Å². The lowest BCUT2D eigenvalue weighted by molar-refractivity contribution is -0.277. The van der Waals surface area contributed by atoms with Crippen LogP contribution in [0.4, 0.5) is 26.3 Å². The molecular weight excluding hydrogens is 266 g/mol. The van der Waals surface area contributed by atoms with Gasteiger partial charge in [0, 0.05) is 19.6 Å². The van der Waals surface area contributed by atoms with E-state index in [0.717, 1.165) is 7.05 Å². The van der Waals surface area contributed by atoms with Gasteiger partial charge in [0.25, 0.3) is 0 Å². The molecule has 1 saturated heterocycles. The summed E-state index contributed by atoms with van der Waals surface area (Å²) in [6.45, 7) is 0.662. The third kappa shape index (κ3) is 3.27. The summed E-state index contributed by atoms with van der Waals surface area (Å²) in [6.07, 6.45) is -10.9. The second kappa shape index (κ2) is 4.94. The molecule has 0 radical (unpaired) electrons. The number of rotatable bonds is 2. The van der Waals surface area contributed by atoms with E-state index in [1.807, 2.05) is 0 Å². The van der Waals surface area contributed by atoms with Gasteiger partial charge in [-0.15, -0.1) is 0 Å². The molecule has 9 heteroatoms. The minimum Gasteiger partial charge on any atom is -0.341 e. The predicted molar refractivity (Wildman–Crippen MR) is 49.6 cm³/mol. The zero-order valence-corrected chi connectivity index (χ0v) is 9.40. The molecule has 0 aromatic carbocycles. The van der Waals surface area contributed by atoms with E-state index in [9.17, 15) is 31.1 Å². The Morgan fingerprint density at radius 1 is 1.22 bits per heavy atom. The van der Waals surface area contributed by atoms with E-state index in [1.165, 1.54) is 0 Å². The van der Waals surface area contributed by atoms with Crippen molar-refractivity contribution in [3.8, 4) is 0 Å². The van der Waals surface area contributed by atoms with Crippen molar-refractivity contribution in [2.24, 2.45) is 5.92 Å². The second-order valence-electron chi connectivity index (χ2n) is 4.11. The summed E-state index contributed by atoms with van der Waals surface area (Å²) >= 11 is 0. The van der Waals surface area contributed by atoms with Crippen LogP contribution in [0, 0.1) is 5.92 Å². The largest absolute Gasteiger partial charge is 0.409 e. The van der Waals surface area contributed by atoms with Gasteiger partial charge in [-0.3, -0.25) is 4.79 Å². The summed E-state index contributed by atoms with van der Waals surface area (Å²) in [7, 11) is 0.963. The molecular formula is C9H12F6N2O. The first kappa shape index (κ1) is 15.1. The Morgan fingerprint density at radius 3 is 2.06 bits per heavy atom. The van der Waals surface area contributed by atoms with Crippen LogP contribution in [-0.2, 0) is 4.79 Å². The maximum Gasteiger partial charge on any atom is 0.409 e. The molecule has 1 heterocycles. The van der Waals surface area contributed by atoms with E-state index in [4.69, 9.17) is 0 Å². The molecule has 1 atom stereocenters. The minimum atomic E-state index is -5.63. The van der Waals surface area contributed by atoms with Crippen LogP contribution in [0.15, 0.2) is 0 Å². The van der Waals surface area contributed by atoms with Crippen molar-refractivity contribution in [3.05, 3.63) is 0 Å². The topological polar surface area (TPSA) is 32.3 Å². The molecule has 1 aliphatic rings. The fraction of sp³-hybridized carbons (Fsp3) is 0.889. The number of halogens is 6. The highest BCUT2D eigenvalue weighted by Crippen LogP contribution is 2.40. The normalized spacial score (nSPS) is 21.4. The Balaban J connectivity index is 2.89. The lowest BCUT2D eigenvalue weighted by Gasteiger charge is -2.30. The summed E-state index contributed by atoms with van der Waals surface area (Å²) < 4.78 is 74.0. The molecule has 1 aliphatic heterocycles. The summed E-state index contributed by atoms with van der Waals surface area (Å²) in [5, 5.41) is 2.77. The zero-order valence-electron chi connectivity index (χ0n) is 9.40. The van der Waals surface area contributed by atoms with Gasteiger partial charge in [0.05, 0.1) is 0 Å². The maximum atomic E-state index is 12.3. The van der Waals surface area contributed by atoms with E-state index in [2.05, 4.69) is 5.32 Å². The summed E-state index contributed by atoms with van der Waals surface area (Å²) in [5.74, 6) is -5.90. The molecule has 1 amide bonds. The first-order valence-corrected chi connectivity index (χ1v) is 5.16. The molecule has 1 fully saturated rings. The number of hydrogen-bond acceptors (Lipinski definition) is 2. The fourth-order valence-electron chi connectivity index (χ4n) is 1.82. The van der Waals surface area contributed by atoms with Gasteiger partial charge in [-0.25, -0.2) is 0 Å². The van der Waals surface area contributed by atoms with E-state index >= 15 is 0 Å². The van der Waals surface area contributed by atoms with Crippen LogP contribution in [-0.4, -0.2) is 49.3 Å². The van der Waals surface area contributed by atoms with Crippen LogP contribution in [0.3, 0.4) is 0 Å². The van der Waals surface area contributed by atoms with Gasteiger partial charge >= 0.3 is 12.4 Å². The Kier molecular flexibility index (Phi) is 4.14. The molecule has 1 unspecified atom stereocenters. The van der Waals surface area contributed by atoms with E-state index in [1.54, 1.807) is 0 Å². The standard InChI is InChI=1S/C9H12F6N2O/c1-17(5-2-3-16-4-5)7(18)6(8(10,11)12)9(13,14)15/h5-6,16H,2-4H2,1H3. The van der Waals surface area contributed by atoms with Crippen molar-refractivity contribution in [2.45, 2.75) is 24.8 Å². The number of likely N-dealkylation sites (N-methyl/N-ethyl adjacent to an activating group) is 1. The van der Waals surface area contributed by atoms with Gasteiger partial charge in [-0.2, -0.15) is 26.3 Å². The third-order valence-electron chi connectivity index (χ3n) is 2.83. The van der Waals surface area contributed by atoms with Crippen molar-refractivity contribution in [1.29, 1.82) is 0 Å². The number of nitrogens with one attached hydrogen (secondary N) is 1. The number of carbonyl (C=O) groups is 1. The second-order valence-corrected chi connectivity index (χ2v) is 4.11. The number of hydrogen-bond donors (Lipinski definition) is 1. The average molecular weight is 278 g/mol. The predicted octanol–water partition coefficient (Wildman–Crippen LogP) is 1.55. The highest BCUT2D eigenvalue weighted by molar-refractivity contribution is 5.80. The monoisotopic (exact) mass is 278 g/mol. The number of nitrogens with zero attached hydrogens (tertiary/aromatic N) is 1. The van der Waals surface area contributed by atoms with Crippen LogP contribution in [0.25, 0.3) is 0 Å².